The van der Waals surface area contributed by atoms with E-state index in [9.17, 15) is 0 Å². The van der Waals surface area contributed by atoms with Crippen molar-refractivity contribution < 1.29 is 0 Å². The molecule has 0 saturated heterocycles. The number of aromatic nitrogens is 2. The number of aryl methyl sites for hydroxylation is 2. The van der Waals surface area contributed by atoms with E-state index in [0.717, 1.165) is 42.5 Å². The van der Waals surface area contributed by atoms with E-state index in [1.54, 1.807) is 0 Å². The fourth-order valence-corrected chi connectivity index (χ4v) is 3.40. The molecule has 3 aromatic rings. The Hall–Kier alpha value is -2.88. The molecule has 25 heavy (non-hydrogen) atoms. The number of fused-ring (bicyclic) bond motifs is 1. The van der Waals surface area contributed by atoms with Gasteiger partial charge in [-0.15, -0.1) is 0 Å². The minimum atomic E-state index is 0.790. The van der Waals surface area contributed by atoms with Gasteiger partial charge in [-0.2, -0.15) is 0 Å². The first kappa shape index (κ1) is 15.6. The van der Waals surface area contributed by atoms with E-state index in [1.807, 2.05) is 32.2 Å². The van der Waals surface area contributed by atoms with E-state index < -0.39 is 0 Å². The molecule has 0 bridgehead atoms. The molecule has 0 radical (unpaired) electrons. The number of nitrogens with zero attached hydrogens (tertiary/aromatic N) is 4. The van der Waals surface area contributed by atoms with Crippen LogP contribution in [0.1, 0.15) is 17.8 Å². The molecule has 0 amide bonds. The van der Waals surface area contributed by atoms with Crippen molar-refractivity contribution in [1.29, 1.82) is 0 Å². The van der Waals surface area contributed by atoms with Crippen LogP contribution >= 0.6 is 0 Å². The normalized spacial score (nSPS) is 13.4. The molecular formula is C21H22N4. The van der Waals surface area contributed by atoms with Gasteiger partial charge in [-0.3, -0.25) is 0 Å². The first-order valence-corrected chi connectivity index (χ1v) is 8.72. The lowest BCUT2D eigenvalue weighted by Crippen LogP contribution is -2.26. The summed E-state index contributed by atoms with van der Waals surface area (Å²) < 4.78 is 0. The zero-order chi connectivity index (χ0) is 17.2. The van der Waals surface area contributed by atoms with Gasteiger partial charge < -0.3 is 9.80 Å². The smallest absolute Gasteiger partial charge is 0.138 e. The quantitative estimate of drug-likeness (QED) is 0.700. The van der Waals surface area contributed by atoms with Crippen LogP contribution in [0.5, 0.6) is 0 Å². The molecule has 2 aromatic carbocycles. The third kappa shape index (κ3) is 3.07. The summed E-state index contributed by atoms with van der Waals surface area (Å²) in [6.45, 7) is 2.95. The van der Waals surface area contributed by atoms with Crippen LogP contribution in [0.2, 0.25) is 0 Å². The van der Waals surface area contributed by atoms with E-state index >= 15 is 0 Å². The maximum Gasteiger partial charge on any atom is 0.138 e. The highest BCUT2D eigenvalue weighted by Gasteiger charge is 2.20. The van der Waals surface area contributed by atoms with E-state index in [-0.39, 0.29) is 0 Å². The Morgan fingerprint density at radius 2 is 1.72 bits per heavy atom. The molecule has 1 aromatic heterocycles. The van der Waals surface area contributed by atoms with Crippen molar-refractivity contribution in [3.05, 3.63) is 72.1 Å². The molecule has 2 heterocycles. The van der Waals surface area contributed by atoms with E-state index in [0.29, 0.717) is 0 Å². The molecule has 4 rings (SSSR count). The zero-order valence-electron chi connectivity index (χ0n) is 14.7. The van der Waals surface area contributed by atoms with E-state index in [1.165, 1.54) is 11.3 Å². The second-order valence-corrected chi connectivity index (χ2v) is 6.41. The average molecular weight is 330 g/mol. The largest absolute Gasteiger partial charge is 0.329 e. The van der Waals surface area contributed by atoms with Crippen LogP contribution in [0.25, 0.3) is 0 Å². The minimum absolute atomic E-state index is 0.790. The monoisotopic (exact) mass is 330 g/mol. The van der Waals surface area contributed by atoms with Crippen LogP contribution in [0, 0.1) is 6.92 Å². The van der Waals surface area contributed by atoms with Crippen molar-refractivity contribution in [2.75, 3.05) is 23.4 Å². The van der Waals surface area contributed by atoms with Crippen molar-refractivity contribution in [1.82, 2.24) is 9.97 Å². The third-order valence-corrected chi connectivity index (χ3v) is 4.68. The van der Waals surface area contributed by atoms with Crippen LogP contribution < -0.4 is 9.80 Å². The highest BCUT2D eigenvalue weighted by atomic mass is 15.2. The second-order valence-electron chi connectivity index (χ2n) is 6.41. The summed E-state index contributed by atoms with van der Waals surface area (Å²) in [5.74, 6) is 2.67. The van der Waals surface area contributed by atoms with Gasteiger partial charge in [0.05, 0.1) is 0 Å². The Bertz CT molecular complexity index is 876. The van der Waals surface area contributed by atoms with Gasteiger partial charge in [-0.05, 0) is 43.5 Å². The summed E-state index contributed by atoms with van der Waals surface area (Å²) in [5, 5.41) is 0. The van der Waals surface area contributed by atoms with Crippen molar-refractivity contribution >= 4 is 23.0 Å². The van der Waals surface area contributed by atoms with Crippen molar-refractivity contribution in [3.63, 3.8) is 0 Å². The number of rotatable bonds is 3. The number of benzene rings is 2. The molecular weight excluding hydrogens is 308 g/mol. The van der Waals surface area contributed by atoms with E-state index in [2.05, 4.69) is 57.2 Å². The highest BCUT2D eigenvalue weighted by Crippen LogP contribution is 2.34. The van der Waals surface area contributed by atoms with Crippen molar-refractivity contribution in [2.45, 2.75) is 19.8 Å². The van der Waals surface area contributed by atoms with Crippen molar-refractivity contribution in [3.8, 4) is 0 Å². The molecule has 0 unspecified atom stereocenters. The molecule has 1 aliphatic rings. The number of hydrogen-bond donors (Lipinski definition) is 0. The SMILES string of the molecule is Cc1nc(N(C)c2ccccc2)cc(N2CCCc3ccccc32)n1. The first-order valence-electron chi connectivity index (χ1n) is 8.72. The highest BCUT2D eigenvalue weighted by molar-refractivity contribution is 5.69. The zero-order valence-corrected chi connectivity index (χ0v) is 14.7. The van der Waals surface area contributed by atoms with Gasteiger partial charge in [0, 0.05) is 31.0 Å². The summed E-state index contributed by atoms with van der Waals surface area (Å²) in [4.78, 5) is 13.8. The Balaban J connectivity index is 1.74. The lowest BCUT2D eigenvalue weighted by Gasteiger charge is -2.31. The predicted octanol–water partition coefficient (Wildman–Crippen LogP) is 4.64. The lowest BCUT2D eigenvalue weighted by atomic mass is 10.0. The maximum atomic E-state index is 4.72. The second kappa shape index (κ2) is 6.55. The van der Waals surface area contributed by atoms with Crippen LogP contribution in [0.15, 0.2) is 60.7 Å². The Kier molecular flexibility index (Phi) is 4.10. The Morgan fingerprint density at radius 3 is 2.56 bits per heavy atom. The summed E-state index contributed by atoms with van der Waals surface area (Å²) in [5.41, 5.74) is 3.77. The molecule has 0 atom stereocenters. The Morgan fingerprint density at radius 1 is 0.960 bits per heavy atom. The molecule has 126 valence electrons. The molecule has 1 aliphatic heterocycles. The fourth-order valence-electron chi connectivity index (χ4n) is 3.40. The maximum absolute atomic E-state index is 4.72. The molecule has 0 fully saturated rings. The summed E-state index contributed by atoms with van der Waals surface area (Å²) in [6, 6.07) is 21.0. The van der Waals surface area contributed by atoms with Crippen LogP contribution in [0.4, 0.5) is 23.0 Å². The van der Waals surface area contributed by atoms with Gasteiger partial charge in [0.25, 0.3) is 0 Å². The van der Waals surface area contributed by atoms with Crippen LogP contribution in [-0.2, 0) is 6.42 Å². The van der Waals surface area contributed by atoms with Gasteiger partial charge in [-0.25, -0.2) is 9.97 Å². The summed E-state index contributed by atoms with van der Waals surface area (Å²) >= 11 is 0. The van der Waals surface area contributed by atoms with Crippen LogP contribution in [-0.4, -0.2) is 23.6 Å². The van der Waals surface area contributed by atoms with Crippen molar-refractivity contribution in [2.24, 2.45) is 0 Å². The standard InChI is InChI=1S/C21H22N4/c1-16-22-20(24(2)18-11-4-3-5-12-18)15-21(23-16)25-14-8-10-17-9-6-7-13-19(17)25/h3-7,9,11-13,15H,8,10,14H2,1-2H3. The van der Waals surface area contributed by atoms with Gasteiger partial charge in [-0.1, -0.05) is 36.4 Å². The average Bonchev–Trinajstić information content (AvgIpc) is 2.67. The number of hydrogen-bond acceptors (Lipinski definition) is 4. The van der Waals surface area contributed by atoms with Gasteiger partial charge in [0.2, 0.25) is 0 Å². The number of para-hydroxylation sites is 2. The van der Waals surface area contributed by atoms with Gasteiger partial charge >= 0.3 is 0 Å². The topological polar surface area (TPSA) is 32.3 Å². The van der Waals surface area contributed by atoms with Gasteiger partial charge in [0.15, 0.2) is 0 Å². The van der Waals surface area contributed by atoms with E-state index in [4.69, 9.17) is 4.98 Å². The molecule has 4 nitrogen and oxygen atoms in total. The fraction of sp³-hybridized carbons (Fsp3) is 0.238. The lowest BCUT2D eigenvalue weighted by molar-refractivity contribution is 0.756. The Labute approximate surface area is 148 Å². The molecule has 0 spiro atoms. The molecule has 4 heteroatoms. The molecule has 0 N–H and O–H groups in total. The molecule has 0 saturated carbocycles. The third-order valence-electron chi connectivity index (χ3n) is 4.68. The number of anilines is 4. The first-order chi connectivity index (χ1) is 12.2. The molecule has 0 aliphatic carbocycles. The summed E-state index contributed by atoms with van der Waals surface area (Å²) in [7, 11) is 2.05. The predicted molar refractivity (Wildman–Crippen MR) is 103 cm³/mol. The minimum Gasteiger partial charge on any atom is -0.329 e. The van der Waals surface area contributed by atoms with Crippen LogP contribution in [0.3, 0.4) is 0 Å². The summed E-state index contributed by atoms with van der Waals surface area (Å²) in [6.07, 6.45) is 2.28. The van der Waals surface area contributed by atoms with Gasteiger partial charge in [0.1, 0.15) is 17.5 Å².